The summed E-state index contributed by atoms with van der Waals surface area (Å²) in [6.07, 6.45) is 6.75. The predicted molar refractivity (Wildman–Crippen MR) is 108 cm³/mol. The van der Waals surface area contributed by atoms with E-state index in [0.717, 1.165) is 13.1 Å². The van der Waals surface area contributed by atoms with E-state index in [1.54, 1.807) is 18.5 Å². The number of aromatic amines is 1. The Kier molecular flexibility index (Phi) is 4.34. The Morgan fingerprint density at radius 1 is 1.24 bits per heavy atom. The number of benzene rings is 1. The molecule has 2 unspecified atom stereocenters. The monoisotopic (exact) mass is 393 g/mol. The Hall–Kier alpha value is -3.16. The van der Waals surface area contributed by atoms with Crippen molar-refractivity contribution in [2.24, 2.45) is 11.8 Å². The van der Waals surface area contributed by atoms with Crippen LogP contribution in [0, 0.1) is 11.8 Å². The highest BCUT2D eigenvalue weighted by atomic mass is 16.5. The SMILES string of the molecule is COc1ccc(-c2nc(N3CC4CCCC(C4)C3)nc3nc[nH]c23)cc1C(=O)O. The van der Waals surface area contributed by atoms with Crippen molar-refractivity contribution in [1.82, 2.24) is 19.9 Å². The van der Waals surface area contributed by atoms with Crippen molar-refractivity contribution in [3.63, 3.8) is 0 Å². The summed E-state index contributed by atoms with van der Waals surface area (Å²) in [7, 11) is 1.46. The van der Waals surface area contributed by atoms with Crippen LogP contribution in [0.5, 0.6) is 5.75 Å². The van der Waals surface area contributed by atoms with E-state index in [0.29, 0.717) is 46.0 Å². The standard InChI is InChI=1S/C21H23N5O3/c1-29-16-6-5-14(8-15(16)20(27)28)17-18-19(23-11-22-18)25-21(24-17)26-9-12-3-2-4-13(7-12)10-26/h5-6,8,11-13H,2-4,7,9-10H2,1H3,(H,27,28)(H,22,23,24,25). The number of hydrogen-bond acceptors (Lipinski definition) is 6. The van der Waals surface area contributed by atoms with Gasteiger partial charge in [0.15, 0.2) is 5.65 Å². The van der Waals surface area contributed by atoms with Crippen LogP contribution in [-0.4, -0.2) is 51.2 Å². The second-order valence-corrected chi connectivity index (χ2v) is 8.00. The highest BCUT2D eigenvalue weighted by Crippen LogP contribution is 2.37. The smallest absolute Gasteiger partial charge is 0.339 e. The number of carboxylic acid groups (broad SMARTS) is 1. The van der Waals surface area contributed by atoms with Gasteiger partial charge >= 0.3 is 5.97 Å². The van der Waals surface area contributed by atoms with Gasteiger partial charge in [-0.3, -0.25) is 0 Å². The van der Waals surface area contributed by atoms with Crippen molar-refractivity contribution >= 4 is 23.1 Å². The maximum absolute atomic E-state index is 11.7. The molecule has 3 aromatic rings. The molecule has 2 fully saturated rings. The number of imidazole rings is 1. The van der Waals surface area contributed by atoms with E-state index in [4.69, 9.17) is 14.7 Å². The lowest BCUT2D eigenvalue weighted by Gasteiger charge is -2.41. The van der Waals surface area contributed by atoms with Crippen LogP contribution in [0.2, 0.25) is 0 Å². The van der Waals surface area contributed by atoms with Gasteiger partial charge in [0, 0.05) is 18.7 Å². The van der Waals surface area contributed by atoms with Crippen LogP contribution in [0.1, 0.15) is 36.0 Å². The number of anilines is 1. The Balaban J connectivity index is 1.60. The minimum Gasteiger partial charge on any atom is -0.496 e. The van der Waals surface area contributed by atoms with Gasteiger partial charge in [-0.2, -0.15) is 4.98 Å². The largest absolute Gasteiger partial charge is 0.496 e. The Morgan fingerprint density at radius 3 is 2.76 bits per heavy atom. The molecule has 1 aromatic carbocycles. The van der Waals surface area contributed by atoms with Crippen LogP contribution in [0.25, 0.3) is 22.4 Å². The highest BCUT2D eigenvalue weighted by molar-refractivity contribution is 5.95. The summed E-state index contributed by atoms with van der Waals surface area (Å²) in [6, 6.07) is 5.08. The molecule has 1 saturated heterocycles. The first-order valence-electron chi connectivity index (χ1n) is 10.00. The van der Waals surface area contributed by atoms with E-state index in [2.05, 4.69) is 14.9 Å². The van der Waals surface area contributed by atoms with E-state index in [-0.39, 0.29) is 5.56 Å². The van der Waals surface area contributed by atoms with Gasteiger partial charge in [-0.05, 0) is 49.3 Å². The maximum Gasteiger partial charge on any atom is 0.339 e. The first kappa shape index (κ1) is 17.9. The van der Waals surface area contributed by atoms with E-state index < -0.39 is 5.97 Å². The molecular formula is C21H23N5O3. The lowest BCUT2D eigenvalue weighted by Crippen LogP contribution is -2.43. The Bertz CT molecular complexity index is 1070. The number of piperidine rings is 1. The molecule has 5 rings (SSSR count). The minimum absolute atomic E-state index is 0.102. The molecule has 2 atom stereocenters. The van der Waals surface area contributed by atoms with Crippen molar-refractivity contribution in [2.45, 2.75) is 25.7 Å². The summed E-state index contributed by atoms with van der Waals surface area (Å²) in [5.41, 5.74) is 2.74. The summed E-state index contributed by atoms with van der Waals surface area (Å²) in [6.45, 7) is 1.93. The van der Waals surface area contributed by atoms with Gasteiger partial charge in [0.25, 0.3) is 0 Å². The summed E-state index contributed by atoms with van der Waals surface area (Å²) >= 11 is 0. The molecular weight excluding hydrogens is 370 g/mol. The van der Waals surface area contributed by atoms with Gasteiger partial charge in [-0.25, -0.2) is 14.8 Å². The van der Waals surface area contributed by atoms with Crippen LogP contribution in [-0.2, 0) is 0 Å². The van der Waals surface area contributed by atoms with Crippen LogP contribution >= 0.6 is 0 Å². The number of hydrogen-bond donors (Lipinski definition) is 2. The summed E-state index contributed by atoms with van der Waals surface area (Å²) < 4.78 is 5.19. The lowest BCUT2D eigenvalue weighted by atomic mass is 9.78. The second kappa shape index (κ2) is 7.02. The van der Waals surface area contributed by atoms with Crippen LogP contribution in [0.3, 0.4) is 0 Å². The average molecular weight is 393 g/mol. The van der Waals surface area contributed by atoms with Gasteiger partial charge < -0.3 is 19.7 Å². The number of ether oxygens (including phenoxy) is 1. The van der Waals surface area contributed by atoms with Crippen molar-refractivity contribution in [3.8, 4) is 17.0 Å². The molecule has 1 aliphatic heterocycles. The molecule has 0 spiro atoms. The summed E-state index contributed by atoms with van der Waals surface area (Å²) in [5.74, 6) is 1.35. The van der Waals surface area contributed by atoms with Gasteiger partial charge in [0.1, 0.15) is 22.5 Å². The Labute approximate surface area is 168 Å². The third kappa shape index (κ3) is 3.18. The number of rotatable bonds is 4. The van der Waals surface area contributed by atoms with Crippen molar-refractivity contribution in [3.05, 3.63) is 30.1 Å². The van der Waals surface area contributed by atoms with Gasteiger partial charge in [-0.1, -0.05) is 6.42 Å². The van der Waals surface area contributed by atoms with E-state index >= 15 is 0 Å². The predicted octanol–water partition coefficient (Wildman–Crippen LogP) is 3.35. The highest BCUT2D eigenvalue weighted by Gasteiger charge is 2.32. The van der Waals surface area contributed by atoms with Crippen molar-refractivity contribution in [2.75, 3.05) is 25.1 Å². The first-order chi connectivity index (χ1) is 14.1. The first-order valence-corrected chi connectivity index (χ1v) is 10.00. The quantitative estimate of drug-likeness (QED) is 0.700. The molecule has 150 valence electrons. The van der Waals surface area contributed by atoms with Crippen molar-refractivity contribution < 1.29 is 14.6 Å². The number of aromatic carboxylic acids is 1. The number of nitrogens with zero attached hydrogens (tertiary/aromatic N) is 4. The topological polar surface area (TPSA) is 104 Å². The number of methoxy groups -OCH3 is 1. The number of fused-ring (bicyclic) bond motifs is 3. The normalized spacial score (nSPS) is 21.3. The zero-order chi connectivity index (χ0) is 20.0. The number of carboxylic acids is 1. The average Bonchev–Trinajstić information content (AvgIpc) is 3.21. The fraction of sp³-hybridized carbons (Fsp3) is 0.429. The van der Waals surface area contributed by atoms with Gasteiger partial charge in [-0.15, -0.1) is 0 Å². The fourth-order valence-corrected chi connectivity index (χ4v) is 4.79. The van der Waals surface area contributed by atoms with Crippen LogP contribution in [0.15, 0.2) is 24.5 Å². The number of aromatic nitrogens is 4. The zero-order valence-electron chi connectivity index (χ0n) is 16.3. The molecule has 0 radical (unpaired) electrons. The maximum atomic E-state index is 11.7. The third-order valence-electron chi connectivity index (χ3n) is 6.11. The molecule has 2 N–H and O–H groups in total. The fourth-order valence-electron chi connectivity index (χ4n) is 4.79. The molecule has 1 saturated carbocycles. The van der Waals surface area contributed by atoms with Gasteiger partial charge in [0.2, 0.25) is 5.95 Å². The van der Waals surface area contributed by atoms with Crippen molar-refractivity contribution in [1.29, 1.82) is 0 Å². The molecule has 2 aromatic heterocycles. The molecule has 29 heavy (non-hydrogen) atoms. The van der Waals surface area contributed by atoms with E-state index in [1.807, 2.05) is 6.07 Å². The molecule has 0 amide bonds. The lowest BCUT2D eigenvalue weighted by molar-refractivity contribution is 0.0693. The number of nitrogens with one attached hydrogen (secondary N) is 1. The second-order valence-electron chi connectivity index (χ2n) is 8.00. The summed E-state index contributed by atoms with van der Waals surface area (Å²) in [5, 5.41) is 9.55. The Morgan fingerprint density at radius 2 is 2.03 bits per heavy atom. The van der Waals surface area contributed by atoms with E-state index in [9.17, 15) is 9.90 Å². The van der Waals surface area contributed by atoms with E-state index in [1.165, 1.54) is 32.8 Å². The number of carbonyl (C=O) groups is 1. The molecule has 8 nitrogen and oxygen atoms in total. The zero-order valence-corrected chi connectivity index (χ0v) is 16.3. The molecule has 8 heteroatoms. The van der Waals surface area contributed by atoms with Crippen LogP contribution in [0.4, 0.5) is 5.95 Å². The molecule has 2 aliphatic rings. The molecule has 3 heterocycles. The van der Waals surface area contributed by atoms with Crippen LogP contribution < -0.4 is 9.64 Å². The van der Waals surface area contributed by atoms with Gasteiger partial charge in [0.05, 0.1) is 13.4 Å². The summed E-state index contributed by atoms with van der Waals surface area (Å²) in [4.78, 5) is 30.9. The molecule has 1 aliphatic carbocycles. The minimum atomic E-state index is -1.04. The molecule has 2 bridgehead atoms. The third-order valence-corrected chi connectivity index (χ3v) is 6.11. The number of H-pyrrole nitrogens is 1.